The van der Waals surface area contributed by atoms with Crippen molar-refractivity contribution in [2.45, 2.75) is 33.9 Å². The lowest BCUT2D eigenvalue weighted by molar-refractivity contribution is 0.0926. The smallest absolute Gasteiger partial charge is 0.287 e. The number of aryl methyl sites for hydroxylation is 1. The fourth-order valence-corrected chi connectivity index (χ4v) is 2.76. The van der Waals surface area contributed by atoms with E-state index in [2.05, 4.69) is 39.2 Å². The Morgan fingerprint density at radius 3 is 2.72 bits per heavy atom. The molecule has 2 heterocycles. The molecular formula is C18H29N5O2. The molecule has 7 heteroatoms. The minimum absolute atomic E-state index is 0.193. The van der Waals surface area contributed by atoms with E-state index in [1.165, 1.54) is 11.8 Å². The van der Waals surface area contributed by atoms with Crippen molar-refractivity contribution in [3.8, 4) is 0 Å². The summed E-state index contributed by atoms with van der Waals surface area (Å²) < 4.78 is 7.14. The van der Waals surface area contributed by atoms with Crippen LogP contribution in [0.2, 0.25) is 0 Å². The Labute approximate surface area is 149 Å². The van der Waals surface area contributed by atoms with Crippen LogP contribution in [0.25, 0.3) is 0 Å². The first-order valence-electron chi connectivity index (χ1n) is 8.66. The number of anilines is 1. The molecule has 0 aliphatic rings. The van der Waals surface area contributed by atoms with Gasteiger partial charge in [0.25, 0.3) is 5.91 Å². The van der Waals surface area contributed by atoms with Crippen molar-refractivity contribution in [1.82, 2.24) is 20.4 Å². The Morgan fingerprint density at radius 1 is 1.36 bits per heavy atom. The first-order chi connectivity index (χ1) is 11.9. The molecule has 2 N–H and O–H groups in total. The Bertz CT molecular complexity index is 674. The molecule has 0 aliphatic heterocycles. The highest BCUT2D eigenvalue weighted by Crippen LogP contribution is 2.23. The second-order valence-electron chi connectivity index (χ2n) is 6.77. The highest BCUT2D eigenvalue weighted by atomic mass is 16.3. The lowest BCUT2D eigenvalue weighted by atomic mass is 10.2. The number of nitrogens with zero attached hydrogens (tertiary/aromatic N) is 3. The van der Waals surface area contributed by atoms with Crippen molar-refractivity contribution in [1.29, 1.82) is 0 Å². The van der Waals surface area contributed by atoms with Gasteiger partial charge in [-0.1, -0.05) is 13.8 Å². The van der Waals surface area contributed by atoms with Crippen molar-refractivity contribution < 1.29 is 9.21 Å². The molecule has 25 heavy (non-hydrogen) atoms. The number of hydrogen-bond donors (Lipinski definition) is 2. The highest BCUT2D eigenvalue weighted by molar-refractivity contribution is 5.91. The van der Waals surface area contributed by atoms with Gasteiger partial charge in [0.1, 0.15) is 5.82 Å². The number of hydrogen-bond acceptors (Lipinski definition) is 5. The second-order valence-corrected chi connectivity index (χ2v) is 6.77. The van der Waals surface area contributed by atoms with Crippen LogP contribution in [0.3, 0.4) is 0 Å². The summed E-state index contributed by atoms with van der Waals surface area (Å²) in [4.78, 5) is 13.9. The largest absolute Gasteiger partial charge is 0.459 e. The second kappa shape index (κ2) is 8.71. The van der Waals surface area contributed by atoms with E-state index in [4.69, 9.17) is 4.42 Å². The van der Waals surface area contributed by atoms with Gasteiger partial charge in [0.05, 0.1) is 12.0 Å². The summed E-state index contributed by atoms with van der Waals surface area (Å²) in [5, 5.41) is 10.9. The summed E-state index contributed by atoms with van der Waals surface area (Å²) in [7, 11) is 4.08. The molecule has 0 aromatic carbocycles. The third kappa shape index (κ3) is 5.09. The van der Waals surface area contributed by atoms with E-state index in [0.717, 1.165) is 18.1 Å². The van der Waals surface area contributed by atoms with Crippen LogP contribution in [-0.2, 0) is 13.1 Å². The topological polar surface area (TPSA) is 75.3 Å². The van der Waals surface area contributed by atoms with Crippen LogP contribution in [0, 0.1) is 12.8 Å². The summed E-state index contributed by atoms with van der Waals surface area (Å²) in [6, 6.07) is 3.35. The van der Waals surface area contributed by atoms with Crippen LogP contribution in [0.15, 0.2) is 22.8 Å². The molecule has 0 atom stereocenters. The third-order valence-corrected chi connectivity index (χ3v) is 3.82. The van der Waals surface area contributed by atoms with Gasteiger partial charge in [-0.2, -0.15) is 5.10 Å². The fraction of sp³-hybridized carbons (Fsp3) is 0.556. The van der Waals surface area contributed by atoms with Crippen LogP contribution >= 0.6 is 0 Å². The van der Waals surface area contributed by atoms with Crippen molar-refractivity contribution in [3.63, 3.8) is 0 Å². The molecule has 2 aromatic rings. The van der Waals surface area contributed by atoms with E-state index in [0.29, 0.717) is 31.3 Å². The molecule has 0 fully saturated rings. The Kier molecular flexibility index (Phi) is 6.64. The molecule has 0 aliphatic carbocycles. The molecule has 2 aromatic heterocycles. The van der Waals surface area contributed by atoms with Gasteiger partial charge in [0, 0.05) is 45.8 Å². The summed E-state index contributed by atoms with van der Waals surface area (Å²) in [5.41, 5.74) is 2.24. The van der Waals surface area contributed by atoms with E-state index in [1.807, 2.05) is 21.0 Å². The first-order valence-corrected chi connectivity index (χ1v) is 8.66. The fourth-order valence-electron chi connectivity index (χ4n) is 2.76. The molecule has 0 radical (unpaired) electrons. The molecule has 0 unspecified atom stereocenters. The van der Waals surface area contributed by atoms with Crippen LogP contribution in [-0.4, -0.2) is 42.9 Å². The predicted molar refractivity (Wildman–Crippen MR) is 98.9 cm³/mol. The summed E-state index contributed by atoms with van der Waals surface area (Å²) in [6.45, 7) is 9.25. The summed E-state index contributed by atoms with van der Waals surface area (Å²) in [6.07, 6.45) is 1.49. The zero-order valence-corrected chi connectivity index (χ0v) is 15.8. The normalized spacial score (nSPS) is 11.1. The van der Waals surface area contributed by atoms with Crippen molar-refractivity contribution in [3.05, 3.63) is 35.4 Å². The average molecular weight is 347 g/mol. The van der Waals surface area contributed by atoms with Gasteiger partial charge >= 0.3 is 0 Å². The van der Waals surface area contributed by atoms with E-state index < -0.39 is 0 Å². The van der Waals surface area contributed by atoms with E-state index >= 15 is 0 Å². The van der Waals surface area contributed by atoms with Gasteiger partial charge in [0.2, 0.25) is 0 Å². The molecule has 2 rings (SSSR count). The number of nitrogens with one attached hydrogen (secondary N) is 2. The molecule has 7 nitrogen and oxygen atoms in total. The van der Waals surface area contributed by atoms with E-state index in [9.17, 15) is 4.79 Å². The zero-order chi connectivity index (χ0) is 18.4. The maximum Gasteiger partial charge on any atom is 0.287 e. The maximum atomic E-state index is 11.8. The molecule has 138 valence electrons. The van der Waals surface area contributed by atoms with Gasteiger partial charge in [0.15, 0.2) is 5.76 Å². The van der Waals surface area contributed by atoms with Crippen LogP contribution < -0.4 is 15.5 Å². The Balaban J connectivity index is 1.87. The van der Waals surface area contributed by atoms with Gasteiger partial charge in [-0.25, -0.2) is 4.68 Å². The third-order valence-electron chi connectivity index (χ3n) is 3.82. The number of carbonyl (C=O) groups excluding carboxylic acids is 1. The van der Waals surface area contributed by atoms with Gasteiger partial charge < -0.3 is 20.0 Å². The van der Waals surface area contributed by atoms with Crippen LogP contribution in [0.1, 0.15) is 35.7 Å². The van der Waals surface area contributed by atoms with E-state index in [-0.39, 0.29) is 5.91 Å². The lowest BCUT2D eigenvalue weighted by Gasteiger charge is -2.18. The molecule has 0 bridgehead atoms. The summed E-state index contributed by atoms with van der Waals surface area (Å²) in [5.74, 6) is 1.82. The Hall–Kier alpha value is -2.28. The standard InChI is InChI=1S/C18H29N5O2/c1-13(2)12-23-18(22(4)5)15(14(3)21-23)11-19-8-9-20-17(24)16-7-6-10-25-16/h6-7,10,13,19H,8-9,11-12H2,1-5H3,(H,20,24). The lowest BCUT2D eigenvalue weighted by Crippen LogP contribution is -2.31. The summed E-state index contributed by atoms with van der Waals surface area (Å²) >= 11 is 0. The van der Waals surface area contributed by atoms with E-state index in [1.54, 1.807) is 12.1 Å². The number of aromatic nitrogens is 2. The van der Waals surface area contributed by atoms with Gasteiger partial charge in [-0.15, -0.1) is 0 Å². The SMILES string of the molecule is Cc1nn(CC(C)C)c(N(C)C)c1CNCCNC(=O)c1ccco1. The maximum absolute atomic E-state index is 11.8. The highest BCUT2D eigenvalue weighted by Gasteiger charge is 2.17. The molecule has 0 saturated carbocycles. The minimum atomic E-state index is -0.193. The molecule has 0 saturated heterocycles. The number of amides is 1. The zero-order valence-electron chi connectivity index (χ0n) is 15.8. The number of rotatable bonds is 9. The first kappa shape index (κ1) is 19.1. The quantitative estimate of drug-likeness (QED) is 0.679. The van der Waals surface area contributed by atoms with Crippen molar-refractivity contribution >= 4 is 11.7 Å². The van der Waals surface area contributed by atoms with Gasteiger partial charge in [-0.3, -0.25) is 4.79 Å². The average Bonchev–Trinajstić information content (AvgIpc) is 3.15. The predicted octanol–water partition coefficient (Wildman–Crippen LogP) is 2.03. The van der Waals surface area contributed by atoms with Crippen molar-refractivity contribution in [2.24, 2.45) is 5.92 Å². The molecule has 1 amide bonds. The molecular weight excluding hydrogens is 318 g/mol. The van der Waals surface area contributed by atoms with Crippen LogP contribution in [0.5, 0.6) is 0 Å². The molecule has 0 spiro atoms. The minimum Gasteiger partial charge on any atom is -0.459 e. The monoisotopic (exact) mass is 347 g/mol. The number of carbonyl (C=O) groups is 1. The van der Waals surface area contributed by atoms with Crippen LogP contribution in [0.4, 0.5) is 5.82 Å². The number of furan rings is 1. The van der Waals surface area contributed by atoms with Gasteiger partial charge in [-0.05, 0) is 25.0 Å². The Morgan fingerprint density at radius 2 is 2.12 bits per heavy atom. The van der Waals surface area contributed by atoms with Crippen molar-refractivity contribution in [2.75, 3.05) is 32.1 Å².